The third-order valence-corrected chi connectivity index (χ3v) is 1.72. The standard InChI is InChI=1S/C8H8N2O/c1-5-3-2-4-6-7(5)11-10-8(6)9/h2-4H,1H3,(H2,9,10). The lowest BCUT2D eigenvalue weighted by Gasteiger charge is -1.89. The quantitative estimate of drug-likeness (QED) is 0.618. The predicted molar refractivity (Wildman–Crippen MR) is 43.2 cm³/mol. The molecule has 0 aliphatic rings. The summed E-state index contributed by atoms with van der Waals surface area (Å²) in [6.07, 6.45) is 0. The average Bonchev–Trinajstić information content (AvgIpc) is 2.35. The van der Waals surface area contributed by atoms with Crippen molar-refractivity contribution in [1.29, 1.82) is 0 Å². The number of fused-ring (bicyclic) bond motifs is 1. The number of anilines is 1. The second-order valence-corrected chi connectivity index (χ2v) is 2.52. The largest absolute Gasteiger partial charge is 0.380 e. The Balaban J connectivity index is 2.94. The minimum Gasteiger partial charge on any atom is -0.380 e. The maximum atomic E-state index is 5.54. The minimum atomic E-state index is 0.462. The van der Waals surface area contributed by atoms with Crippen molar-refractivity contribution in [3.63, 3.8) is 0 Å². The van der Waals surface area contributed by atoms with Crippen LogP contribution >= 0.6 is 0 Å². The fourth-order valence-corrected chi connectivity index (χ4v) is 1.12. The molecule has 0 aliphatic carbocycles. The van der Waals surface area contributed by atoms with E-state index in [0.29, 0.717) is 5.82 Å². The maximum Gasteiger partial charge on any atom is 0.174 e. The normalized spacial score (nSPS) is 10.6. The van der Waals surface area contributed by atoms with Crippen LogP contribution in [0.2, 0.25) is 0 Å². The summed E-state index contributed by atoms with van der Waals surface area (Å²) in [5.41, 5.74) is 7.38. The Bertz CT molecular complexity index is 392. The molecular weight excluding hydrogens is 140 g/mol. The first-order chi connectivity index (χ1) is 5.29. The summed E-state index contributed by atoms with van der Waals surface area (Å²) >= 11 is 0. The van der Waals surface area contributed by atoms with Crippen molar-refractivity contribution in [1.82, 2.24) is 5.16 Å². The van der Waals surface area contributed by atoms with Gasteiger partial charge in [-0.15, -0.1) is 0 Å². The number of aryl methyl sites for hydroxylation is 1. The Morgan fingerprint density at radius 3 is 3.00 bits per heavy atom. The molecule has 0 aliphatic heterocycles. The van der Waals surface area contributed by atoms with E-state index in [1.54, 1.807) is 0 Å². The Labute approximate surface area is 63.8 Å². The molecule has 3 heteroatoms. The highest BCUT2D eigenvalue weighted by Crippen LogP contribution is 2.22. The summed E-state index contributed by atoms with van der Waals surface area (Å²) in [7, 11) is 0. The van der Waals surface area contributed by atoms with E-state index in [1.165, 1.54) is 0 Å². The van der Waals surface area contributed by atoms with E-state index in [-0.39, 0.29) is 0 Å². The summed E-state index contributed by atoms with van der Waals surface area (Å²) in [6, 6.07) is 5.80. The molecular formula is C8H8N2O. The van der Waals surface area contributed by atoms with E-state index in [4.69, 9.17) is 10.3 Å². The van der Waals surface area contributed by atoms with E-state index in [1.807, 2.05) is 25.1 Å². The molecule has 11 heavy (non-hydrogen) atoms. The van der Waals surface area contributed by atoms with Crippen LogP contribution < -0.4 is 5.73 Å². The molecule has 2 rings (SSSR count). The predicted octanol–water partition coefficient (Wildman–Crippen LogP) is 1.72. The molecule has 1 aromatic carbocycles. The molecule has 0 unspecified atom stereocenters. The number of rotatable bonds is 0. The van der Waals surface area contributed by atoms with Gasteiger partial charge >= 0.3 is 0 Å². The highest BCUT2D eigenvalue weighted by Gasteiger charge is 2.04. The lowest BCUT2D eigenvalue weighted by Crippen LogP contribution is -1.82. The molecule has 0 spiro atoms. The van der Waals surface area contributed by atoms with Crippen LogP contribution in [0.4, 0.5) is 5.82 Å². The van der Waals surface area contributed by atoms with Crippen molar-refractivity contribution in [2.24, 2.45) is 0 Å². The molecule has 56 valence electrons. The second kappa shape index (κ2) is 1.99. The summed E-state index contributed by atoms with van der Waals surface area (Å²) in [6.45, 7) is 1.97. The minimum absolute atomic E-state index is 0.462. The van der Waals surface area contributed by atoms with Crippen molar-refractivity contribution < 1.29 is 4.52 Å². The molecule has 2 aromatic rings. The second-order valence-electron chi connectivity index (χ2n) is 2.52. The van der Waals surface area contributed by atoms with Gasteiger partial charge in [0.05, 0.1) is 5.39 Å². The number of benzene rings is 1. The number of nitrogens with zero attached hydrogens (tertiary/aromatic N) is 1. The average molecular weight is 148 g/mol. The highest BCUT2D eigenvalue weighted by molar-refractivity contribution is 5.88. The molecule has 3 nitrogen and oxygen atoms in total. The third-order valence-electron chi connectivity index (χ3n) is 1.72. The van der Waals surface area contributed by atoms with Gasteiger partial charge in [-0.2, -0.15) is 0 Å². The zero-order chi connectivity index (χ0) is 7.84. The van der Waals surface area contributed by atoms with Crippen LogP contribution in [0.15, 0.2) is 22.7 Å². The van der Waals surface area contributed by atoms with Gasteiger partial charge in [-0.25, -0.2) is 0 Å². The number of nitrogen functional groups attached to an aromatic ring is 1. The zero-order valence-corrected chi connectivity index (χ0v) is 6.16. The SMILES string of the molecule is Cc1cccc2c(N)noc12. The maximum absolute atomic E-state index is 5.54. The third kappa shape index (κ3) is 0.774. The van der Waals surface area contributed by atoms with Crippen molar-refractivity contribution in [3.8, 4) is 0 Å². The van der Waals surface area contributed by atoms with Crippen molar-refractivity contribution in [2.75, 3.05) is 5.73 Å². The molecule has 0 saturated carbocycles. The van der Waals surface area contributed by atoms with Crippen LogP contribution in [-0.2, 0) is 0 Å². The van der Waals surface area contributed by atoms with E-state index in [9.17, 15) is 0 Å². The fourth-order valence-electron chi connectivity index (χ4n) is 1.12. The van der Waals surface area contributed by atoms with Crippen LogP contribution in [0.25, 0.3) is 11.0 Å². The molecule has 2 N–H and O–H groups in total. The topological polar surface area (TPSA) is 52.0 Å². The van der Waals surface area contributed by atoms with Gasteiger partial charge in [-0.05, 0) is 18.6 Å². The molecule has 0 amide bonds. The van der Waals surface area contributed by atoms with E-state index < -0.39 is 0 Å². The summed E-state index contributed by atoms with van der Waals surface area (Å²) in [5, 5.41) is 4.55. The van der Waals surface area contributed by atoms with Crippen LogP contribution in [-0.4, -0.2) is 5.16 Å². The highest BCUT2D eigenvalue weighted by atomic mass is 16.5. The fraction of sp³-hybridized carbons (Fsp3) is 0.125. The molecule has 0 saturated heterocycles. The van der Waals surface area contributed by atoms with Gasteiger partial charge in [-0.3, -0.25) is 0 Å². The number of aromatic nitrogens is 1. The van der Waals surface area contributed by atoms with Crippen molar-refractivity contribution >= 4 is 16.8 Å². The van der Waals surface area contributed by atoms with Crippen molar-refractivity contribution in [2.45, 2.75) is 6.92 Å². The van der Waals surface area contributed by atoms with Gasteiger partial charge in [-0.1, -0.05) is 17.3 Å². The Kier molecular flexibility index (Phi) is 1.12. The smallest absolute Gasteiger partial charge is 0.174 e. The Morgan fingerprint density at radius 2 is 2.27 bits per heavy atom. The molecule has 0 fully saturated rings. The van der Waals surface area contributed by atoms with Crippen LogP contribution in [0.1, 0.15) is 5.56 Å². The van der Waals surface area contributed by atoms with Gasteiger partial charge < -0.3 is 10.3 Å². The van der Waals surface area contributed by atoms with Gasteiger partial charge in [0, 0.05) is 0 Å². The van der Waals surface area contributed by atoms with E-state index in [2.05, 4.69) is 5.16 Å². The Morgan fingerprint density at radius 1 is 1.45 bits per heavy atom. The molecule has 1 aromatic heterocycles. The van der Waals surface area contributed by atoms with E-state index in [0.717, 1.165) is 16.5 Å². The molecule has 1 heterocycles. The van der Waals surface area contributed by atoms with Gasteiger partial charge in [0.25, 0.3) is 0 Å². The van der Waals surface area contributed by atoms with Crippen LogP contribution in [0.3, 0.4) is 0 Å². The lowest BCUT2D eigenvalue weighted by atomic mass is 10.2. The molecule has 0 atom stereocenters. The number of hydrogen-bond acceptors (Lipinski definition) is 3. The van der Waals surface area contributed by atoms with Gasteiger partial charge in [0.15, 0.2) is 11.4 Å². The Hall–Kier alpha value is -1.51. The first-order valence-electron chi connectivity index (χ1n) is 3.39. The van der Waals surface area contributed by atoms with Crippen LogP contribution in [0, 0.1) is 6.92 Å². The molecule has 0 radical (unpaired) electrons. The van der Waals surface area contributed by atoms with Gasteiger partial charge in [0.2, 0.25) is 0 Å². The summed E-state index contributed by atoms with van der Waals surface area (Å²) in [4.78, 5) is 0. The number of para-hydroxylation sites is 1. The molecule has 0 bridgehead atoms. The van der Waals surface area contributed by atoms with Gasteiger partial charge in [0.1, 0.15) is 0 Å². The first kappa shape index (κ1) is 6.22. The monoisotopic (exact) mass is 148 g/mol. The first-order valence-corrected chi connectivity index (χ1v) is 3.39. The summed E-state index contributed by atoms with van der Waals surface area (Å²) in [5.74, 6) is 0.462. The lowest BCUT2D eigenvalue weighted by molar-refractivity contribution is 0.459. The number of nitrogens with two attached hydrogens (primary N) is 1. The number of hydrogen-bond donors (Lipinski definition) is 1. The van der Waals surface area contributed by atoms with E-state index >= 15 is 0 Å². The summed E-state index contributed by atoms with van der Waals surface area (Å²) < 4.78 is 5.00. The van der Waals surface area contributed by atoms with Crippen LogP contribution in [0.5, 0.6) is 0 Å². The van der Waals surface area contributed by atoms with Crippen molar-refractivity contribution in [3.05, 3.63) is 23.8 Å². The zero-order valence-electron chi connectivity index (χ0n) is 6.16.